The number of ether oxygens (including phenoxy) is 2. The number of amides is 1. The van der Waals surface area contributed by atoms with Gasteiger partial charge in [0.1, 0.15) is 29.9 Å². The fourth-order valence-corrected chi connectivity index (χ4v) is 6.95. The van der Waals surface area contributed by atoms with Crippen molar-refractivity contribution in [3.63, 3.8) is 0 Å². The molecule has 4 atom stereocenters. The summed E-state index contributed by atoms with van der Waals surface area (Å²) in [6.07, 6.45) is 1.66. The standard InChI is InChI=1S/C34H44FN5O4/c1-21-18-39(33(42)44-34(2,3)4)12-13-40(21)31-28-11-10-23(29-17-26(41)14-22-8-6-7-9-27(22)29)15-30(28)36-32(37-31)43-20-25-16-24(35)19-38(25)5/h6-9,14,17,21,23-25,41H,10-13,15-16,18-20H2,1-5H3/t21-,23?,24-,25-/m0/s1. The van der Waals surface area contributed by atoms with Gasteiger partial charge in [-0.3, -0.25) is 4.90 Å². The second kappa shape index (κ2) is 12.0. The average molecular weight is 606 g/mol. The summed E-state index contributed by atoms with van der Waals surface area (Å²) in [5.41, 5.74) is 2.62. The summed E-state index contributed by atoms with van der Waals surface area (Å²) in [5.74, 6) is 1.29. The SMILES string of the molecule is C[C@H]1CN(C(=O)OC(C)(C)C)CCN1c1nc(OC[C@@H]2C[C@H](F)CN2C)nc2c1CCC(c1cc(O)cc3ccccc13)C2. The molecular formula is C34H44FN5O4. The van der Waals surface area contributed by atoms with Gasteiger partial charge in [0.25, 0.3) is 0 Å². The van der Waals surface area contributed by atoms with E-state index in [1.807, 2.05) is 63.1 Å². The topological polar surface area (TPSA) is 91.3 Å². The fourth-order valence-electron chi connectivity index (χ4n) is 6.95. The number of alkyl halides is 1. The second-order valence-corrected chi connectivity index (χ2v) is 13.7. The first-order chi connectivity index (χ1) is 20.9. The highest BCUT2D eigenvalue weighted by atomic mass is 19.1. The summed E-state index contributed by atoms with van der Waals surface area (Å²) in [6, 6.07) is 12.1. The molecule has 6 rings (SSSR count). The third-order valence-corrected chi connectivity index (χ3v) is 9.14. The number of piperazine rings is 1. The Hall–Kier alpha value is -3.66. The molecule has 0 spiro atoms. The first kappa shape index (κ1) is 30.4. The number of benzene rings is 2. The fraction of sp³-hybridized carbons (Fsp3) is 0.559. The van der Waals surface area contributed by atoms with Crippen LogP contribution in [-0.4, -0.2) is 94.7 Å². The van der Waals surface area contributed by atoms with Crippen LogP contribution < -0.4 is 9.64 Å². The molecule has 0 saturated carbocycles. The van der Waals surface area contributed by atoms with Crippen molar-refractivity contribution in [2.75, 3.05) is 44.7 Å². The van der Waals surface area contributed by atoms with Gasteiger partial charge in [0.2, 0.25) is 0 Å². The summed E-state index contributed by atoms with van der Waals surface area (Å²) in [6.45, 7) is 10.1. The molecule has 3 aliphatic rings. The Morgan fingerprint density at radius 2 is 1.93 bits per heavy atom. The van der Waals surface area contributed by atoms with Crippen LogP contribution in [0.2, 0.25) is 0 Å². The minimum absolute atomic E-state index is 0.00381. The molecule has 9 nitrogen and oxygen atoms in total. The molecule has 3 heterocycles. The molecule has 3 aromatic rings. The zero-order chi connectivity index (χ0) is 31.2. The lowest BCUT2D eigenvalue weighted by atomic mass is 9.80. The molecule has 1 unspecified atom stereocenters. The molecule has 236 valence electrons. The number of carbonyl (C=O) groups is 1. The molecule has 2 aromatic carbocycles. The van der Waals surface area contributed by atoms with Gasteiger partial charge in [-0.25, -0.2) is 9.18 Å². The Morgan fingerprint density at radius 1 is 1.14 bits per heavy atom. The molecule has 10 heteroatoms. The number of aromatic hydroxyl groups is 1. The van der Waals surface area contributed by atoms with Crippen LogP contribution in [0.1, 0.15) is 63.3 Å². The largest absolute Gasteiger partial charge is 0.508 e. The van der Waals surface area contributed by atoms with E-state index in [0.717, 1.165) is 46.3 Å². The van der Waals surface area contributed by atoms with Crippen molar-refractivity contribution >= 4 is 22.7 Å². The van der Waals surface area contributed by atoms with E-state index < -0.39 is 11.8 Å². The Kier molecular flexibility index (Phi) is 8.30. The summed E-state index contributed by atoms with van der Waals surface area (Å²) in [7, 11) is 1.92. The number of anilines is 1. The number of likely N-dealkylation sites (tertiary alicyclic amines) is 1. The highest BCUT2D eigenvalue weighted by Crippen LogP contribution is 2.41. The van der Waals surface area contributed by atoms with Gasteiger partial charge in [0.15, 0.2) is 0 Å². The predicted molar refractivity (Wildman–Crippen MR) is 168 cm³/mol. The van der Waals surface area contributed by atoms with E-state index >= 15 is 0 Å². The van der Waals surface area contributed by atoms with Crippen molar-refractivity contribution in [3.8, 4) is 11.8 Å². The average Bonchev–Trinajstić information content (AvgIpc) is 3.30. The van der Waals surface area contributed by atoms with Gasteiger partial charge in [-0.1, -0.05) is 24.3 Å². The van der Waals surface area contributed by atoms with E-state index in [1.54, 1.807) is 4.90 Å². The maximum atomic E-state index is 14.1. The smallest absolute Gasteiger partial charge is 0.410 e. The Morgan fingerprint density at radius 3 is 2.66 bits per heavy atom. The van der Waals surface area contributed by atoms with Crippen molar-refractivity contribution in [1.29, 1.82) is 0 Å². The number of fused-ring (bicyclic) bond motifs is 2. The minimum atomic E-state index is -0.853. The van der Waals surface area contributed by atoms with Gasteiger partial charge in [-0.2, -0.15) is 9.97 Å². The number of phenols is 1. The maximum absolute atomic E-state index is 14.1. The number of hydrogen-bond acceptors (Lipinski definition) is 8. The quantitative estimate of drug-likeness (QED) is 0.409. The molecule has 1 N–H and O–H groups in total. The van der Waals surface area contributed by atoms with Crippen molar-refractivity contribution < 1.29 is 23.8 Å². The van der Waals surface area contributed by atoms with Crippen LogP contribution in [0.3, 0.4) is 0 Å². The lowest BCUT2D eigenvalue weighted by molar-refractivity contribution is 0.0218. The highest BCUT2D eigenvalue weighted by molar-refractivity contribution is 5.87. The zero-order valence-electron chi connectivity index (χ0n) is 26.4. The zero-order valence-corrected chi connectivity index (χ0v) is 26.4. The van der Waals surface area contributed by atoms with Crippen molar-refractivity contribution in [3.05, 3.63) is 53.2 Å². The van der Waals surface area contributed by atoms with Crippen LogP contribution in [0.5, 0.6) is 11.8 Å². The van der Waals surface area contributed by atoms with Gasteiger partial charge < -0.3 is 24.4 Å². The number of likely N-dealkylation sites (N-methyl/N-ethyl adjacent to an activating group) is 1. The van der Waals surface area contributed by atoms with E-state index in [9.17, 15) is 14.3 Å². The molecule has 0 radical (unpaired) electrons. The van der Waals surface area contributed by atoms with Crippen molar-refractivity contribution in [2.45, 2.75) is 83.2 Å². The summed E-state index contributed by atoms with van der Waals surface area (Å²) in [5, 5.41) is 12.7. The number of rotatable bonds is 5. The molecule has 2 saturated heterocycles. The van der Waals surface area contributed by atoms with Crippen LogP contribution in [-0.2, 0) is 17.6 Å². The molecule has 2 aliphatic heterocycles. The van der Waals surface area contributed by atoms with E-state index in [2.05, 4.69) is 17.9 Å². The van der Waals surface area contributed by atoms with E-state index in [4.69, 9.17) is 19.4 Å². The van der Waals surface area contributed by atoms with Gasteiger partial charge in [0, 0.05) is 43.8 Å². The first-order valence-electron chi connectivity index (χ1n) is 15.8. The number of nitrogens with zero attached hydrogens (tertiary/aromatic N) is 5. The number of aromatic nitrogens is 2. The highest BCUT2D eigenvalue weighted by Gasteiger charge is 2.35. The molecule has 2 fully saturated rings. The minimum Gasteiger partial charge on any atom is -0.508 e. The van der Waals surface area contributed by atoms with Crippen molar-refractivity contribution in [2.24, 2.45) is 0 Å². The van der Waals surface area contributed by atoms with E-state index in [0.29, 0.717) is 51.6 Å². The van der Waals surface area contributed by atoms with Crippen LogP contribution in [0, 0.1) is 0 Å². The number of hydrogen-bond donors (Lipinski definition) is 1. The normalized spacial score (nSPS) is 24.4. The predicted octanol–water partition coefficient (Wildman–Crippen LogP) is 5.47. The van der Waals surface area contributed by atoms with Gasteiger partial charge in [0.05, 0.1) is 5.69 Å². The summed E-state index contributed by atoms with van der Waals surface area (Å²) < 4.78 is 25.9. The summed E-state index contributed by atoms with van der Waals surface area (Å²) in [4.78, 5) is 28.8. The third-order valence-electron chi connectivity index (χ3n) is 9.14. The van der Waals surface area contributed by atoms with E-state index in [-0.39, 0.29) is 29.8 Å². The molecule has 1 aromatic heterocycles. The molecule has 44 heavy (non-hydrogen) atoms. The van der Waals surface area contributed by atoms with E-state index in [1.165, 1.54) is 0 Å². The maximum Gasteiger partial charge on any atom is 0.410 e. The number of carbonyl (C=O) groups excluding carboxylic acids is 1. The van der Waals surface area contributed by atoms with Crippen molar-refractivity contribution in [1.82, 2.24) is 19.8 Å². The monoisotopic (exact) mass is 605 g/mol. The van der Waals surface area contributed by atoms with Gasteiger partial charge >= 0.3 is 12.1 Å². The van der Waals surface area contributed by atoms with Gasteiger partial charge in [-0.15, -0.1) is 0 Å². The van der Waals surface area contributed by atoms with Crippen LogP contribution in [0.4, 0.5) is 15.0 Å². The summed E-state index contributed by atoms with van der Waals surface area (Å²) >= 11 is 0. The lowest BCUT2D eigenvalue weighted by Crippen LogP contribution is -2.55. The number of halogens is 1. The second-order valence-electron chi connectivity index (χ2n) is 13.7. The Bertz CT molecular complexity index is 1530. The molecular weight excluding hydrogens is 561 g/mol. The van der Waals surface area contributed by atoms with Crippen LogP contribution in [0.25, 0.3) is 10.8 Å². The number of phenolic OH excluding ortho intramolecular Hbond substituents is 1. The Labute approximate surface area is 259 Å². The molecule has 1 aliphatic carbocycles. The lowest BCUT2D eigenvalue weighted by Gasteiger charge is -2.42. The first-order valence-corrected chi connectivity index (χ1v) is 15.8. The van der Waals surface area contributed by atoms with Crippen LogP contribution in [0.15, 0.2) is 36.4 Å². The Balaban J connectivity index is 1.30. The third kappa shape index (κ3) is 6.41. The molecule has 0 bridgehead atoms. The molecule has 1 amide bonds. The van der Waals surface area contributed by atoms with Gasteiger partial charge in [-0.05, 0) is 94.8 Å². The van der Waals surface area contributed by atoms with Crippen LogP contribution >= 0.6 is 0 Å².